The number of carbonyl (C=O) groups is 2. The van der Waals surface area contributed by atoms with Crippen LogP contribution in [0.4, 0.5) is 5.69 Å². The van der Waals surface area contributed by atoms with Gasteiger partial charge in [-0.2, -0.15) is 0 Å². The number of hydrogen-bond donors (Lipinski definition) is 1. The van der Waals surface area contributed by atoms with E-state index in [0.29, 0.717) is 0 Å². The zero-order valence-corrected chi connectivity index (χ0v) is 12.9. The number of aromatic nitrogens is 1. The van der Waals surface area contributed by atoms with E-state index in [-0.39, 0.29) is 24.6 Å². The molecular weight excluding hydrogens is 286 g/mol. The summed E-state index contributed by atoms with van der Waals surface area (Å²) < 4.78 is 9.96. The van der Waals surface area contributed by atoms with Gasteiger partial charge in [-0.15, -0.1) is 0 Å². The first-order valence-electron chi connectivity index (χ1n) is 7.47. The summed E-state index contributed by atoms with van der Waals surface area (Å²) in [7, 11) is 0. The molecule has 0 unspecified atom stereocenters. The standard InChI is InChI=1S/C15H21N3O4/c1-3-21-14(19)12-9-11(18-7-5-16-6-8-18)10-13(17-12)15(20)22-4-2/h9-10,16H,3-8H2,1-2H3. The maximum atomic E-state index is 11.9. The zero-order valence-electron chi connectivity index (χ0n) is 12.9. The van der Waals surface area contributed by atoms with Gasteiger partial charge in [0.15, 0.2) is 11.4 Å². The topological polar surface area (TPSA) is 80.8 Å². The Labute approximate surface area is 129 Å². The predicted octanol–water partition coefficient (Wildman–Crippen LogP) is 0.845. The van der Waals surface area contributed by atoms with Crippen molar-refractivity contribution >= 4 is 17.6 Å². The highest BCUT2D eigenvalue weighted by Crippen LogP contribution is 2.19. The minimum atomic E-state index is -0.537. The van der Waals surface area contributed by atoms with E-state index in [0.717, 1.165) is 31.9 Å². The van der Waals surface area contributed by atoms with Crippen LogP contribution >= 0.6 is 0 Å². The third-order valence-electron chi connectivity index (χ3n) is 3.26. The zero-order chi connectivity index (χ0) is 15.9. The van der Waals surface area contributed by atoms with Crippen molar-refractivity contribution < 1.29 is 19.1 Å². The van der Waals surface area contributed by atoms with E-state index in [1.165, 1.54) is 0 Å². The van der Waals surface area contributed by atoms with Gasteiger partial charge in [-0.05, 0) is 26.0 Å². The number of pyridine rings is 1. The van der Waals surface area contributed by atoms with Crippen molar-refractivity contribution in [2.24, 2.45) is 0 Å². The number of rotatable bonds is 5. The summed E-state index contributed by atoms with van der Waals surface area (Å²) in [5.41, 5.74) is 1.03. The number of hydrogen-bond acceptors (Lipinski definition) is 7. The van der Waals surface area contributed by atoms with Crippen molar-refractivity contribution in [2.45, 2.75) is 13.8 Å². The molecule has 0 bridgehead atoms. The van der Waals surface area contributed by atoms with Gasteiger partial charge in [0.2, 0.25) is 0 Å². The van der Waals surface area contributed by atoms with E-state index in [2.05, 4.69) is 15.2 Å². The Morgan fingerprint density at radius 2 is 1.59 bits per heavy atom. The van der Waals surface area contributed by atoms with Crippen LogP contribution in [0.3, 0.4) is 0 Å². The molecule has 0 saturated carbocycles. The fourth-order valence-corrected chi connectivity index (χ4v) is 2.24. The second kappa shape index (κ2) is 7.74. The van der Waals surface area contributed by atoms with E-state index in [9.17, 15) is 9.59 Å². The van der Waals surface area contributed by atoms with Gasteiger partial charge < -0.3 is 19.7 Å². The van der Waals surface area contributed by atoms with Crippen LogP contribution < -0.4 is 10.2 Å². The minimum absolute atomic E-state index is 0.126. The van der Waals surface area contributed by atoms with Crippen LogP contribution in [0, 0.1) is 0 Å². The third kappa shape index (κ3) is 3.94. The SMILES string of the molecule is CCOC(=O)c1cc(N2CCNCC2)cc(C(=O)OCC)n1. The van der Waals surface area contributed by atoms with Gasteiger partial charge in [0.25, 0.3) is 0 Å². The average Bonchev–Trinajstić information content (AvgIpc) is 2.55. The largest absolute Gasteiger partial charge is 0.461 e. The van der Waals surface area contributed by atoms with Crippen molar-refractivity contribution in [2.75, 3.05) is 44.3 Å². The number of esters is 2. The Balaban J connectivity index is 2.34. The molecule has 120 valence electrons. The summed E-state index contributed by atoms with van der Waals surface area (Å²) >= 11 is 0. The summed E-state index contributed by atoms with van der Waals surface area (Å²) in [5.74, 6) is -1.07. The Bertz CT molecular complexity index is 505. The molecule has 2 heterocycles. The summed E-state index contributed by atoms with van der Waals surface area (Å²) in [4.78, 5) is 30.1. The first-order chi connectivity index (χ1) is 10.7. The molecular formula is C15H21N3O4. The van der Waals surface area contributed by atoms with Crippen molar-refractivity contribution in [1.82, 2.24) is 10.3 Å². The second-order valence-corrected chi connectivity index (χ2v) is 4.77. The predicted molar refractivity (Wildman–Crippen MR) is 81.2 cm³/mol. The van der Waals surface area contributed by atoms with E-state index in [4.69, 9.17) is 9.47 Å². The lowest BCUT2D eigenvalue weighted by Gasteiger charge is -2.29. The molecule has 2 rings (SSSR count). The maximum absolute atomic E-state index is 11.9. The molecule has 1 saturated heterocycles. The lowest BCUT2D eigenvalue weighted by atomic mass is 10.2. The van der Waals surface area contributed by atoms with Gasteiger partial charge in [-0.1, -0.05) is 0 Å². The van der Waals surface area contributed by atoms with Crippen LogP contribution in [-0.2, 0) is 9.47 Å². The normalized spacial score (nSPS) is 14.5. The lowest BCUT2D eigenvalue weighted by molar-refractivity contribution is 0.0511. The number of piperazine rings is 1. The second-order valence-electron chi connectivity index (χ2n) is 4.77. The quantitative estimate of drug-likeness (QED) is 0.807. The number of ether oxygens (including phenoxy) is 2. The monoisotopic (exact) mass is 307 g/mol. The first kappa shape index (κ1) is 16.2. The number of anilines is 1. The van der Waals surface area contributed by atoms with Crippen LogP contribution in [0.15, 0.2) is 12.1 Å². The van der Waals surface area contributed by atoms with Crippen molar-refractivity contribution in [3.63, 3.8) is 0 Å². The maximum Gasteiger partial charge on any atom is 0.357 e. The fourth-order valence-electron chi connectivity index (χ4n) is 2.24. The van der Waals surface area contributed by atoms with Gasteiger partial charge in [0.05, 0.1) is 13.2 Å². The molecule has 0 spiro atoms. The molecule has 0 atom stereocenters. The van der Waals surface area contributed by atoms with Crippen LogP contribution in [-0.4, -0.2) is 56.3 Å². The molecule has 0 aliphatic carbocycles. The third-order valence-corrected chi connectivity index (χ3v) is 3.26. The molecule has 22 heavy (non-hydrogen) atoms. The molecule has 7 heteroatoms. The molecule has 1 fully saturated rings. The van der Waals surface area contributed by atoms with Gasteiger partial charge in [-0.25, -0.2) is 14.6 Å². The molecule has 0 radical (unpaired) electrons. The van der Waals surface area contributed by atoms with Gasteiger partial charge in [0.1, 0.15) is 0 Å². The Morgan fingerprint density at radius 3 is 2.05 bits per heavy atom. The average molecular weight is 307 g/mol. The molecule has 1 aliphatic heterocycles. The van der Waals surface area contributed by atoms with Crippen molar-refractivity contribution in [3.05, 3.63) is 23.5 Å². The molecule has 1 aromatic heterocycles. The smallest absolute Gasteiger partial charge is 0.357 e. The number of nitrogens with one attached hydrogen (secondary N) is 1. The molecule has 1 N–H and O–H groups in total. The summed E-state index contributed by atoms with van der Waals surface area (Å²) in [6, 6.07) is 3.32. The highest BCUT2D eigenvalue weighted by molar-refractivity contribution is 5.93. The number of nitrogens with zero attached hydrogens (tertiary/aromatic N) is 2. The van der Waals surface area contributed by atoms with E-state index in [1.807, 2.05) is 0 Å². The summed E-state index contributed by atoms with van der Waals surface area (Å²) in [6.07, 6.45) is 0. The van der Waals surface area contributed by atoms with Crippen molar-refractivity contribution in [1.29, 1.82) is 0 Å². The summed E-state index contributed by atoms with van der Waals surface area (Å²) in [5, 5.41) is 3.26. The fraction of sp³-hybridized carbons (Fsp3) is 0.533. The van der Waals surface area contributed by atoms with Crippen molar-refractivity contribution in [3.8, 4) is 0 Å². The van der Waals surface area contributed by atoms with Gasteiger partial charge in [-0.3, -0.25) is 0 Å². The van der Waals surface area contributed by atoms with Crippen LogP contribution in [0.5, 0.6) is 0 Å². The first-order valence-corrected chi connectivity index (χ1v) is 7.47. The van der Waals surface area contributed by atoms with Crippen LogP contribution in [0.1, 0.15) is 34.8 Å². The van der Waals surface area contributed by atoms with E-state index >= 15 is 0 Å². The molecule has 0 amide bonds. The van der Waals surface area contributed by atoms with Crippen LogP contribution in [0.2, 0.25) is 0 Å². The highest BCUT2D eigenvalue weighted by Gasteiger charge is 2.20. The number of carbonyl (C=O) groups excluding carboxylic acids is 2. The van der Waals surface area contributed by atoms with Gasteiger partial charge >= 0.3 is 11.9 Å². The van der Waals surface area contributed by atoms with E-state index in [1.54, 1.807) is 26.0 Å². The highest BCUT2D eigenvalue weighted by atomic mass is 16.5. The lowest BCUT2D eigenvalue weighted by Crippen LogP contribution is -2.43. The summed E-state index contributed by atoms with van der Waals surface area (Å²) in [6.45, 7) is 7.27. The van der Waals surface area contributed by atoms with E-state index < -0.39 is 11.9 Å². The minimum Gasteiger partial charge on any atom is -0.461 e. The molecule has 1 aromatic rings. The van der Waals surface area contributed by atoms with Crippen LogP contribution in [0.25, 0.3) is 0 Å². The Morgan fingerprint density at radius 1 is 1.09 bits per heavy atom. The Hall–Kier alpha value is -2.15. The van der Waals surface area contributed by atoms with Gasteiger partial charge in [0, 0.05) is 31.9 Å². The molecule has 7 nitrogen and oxygen atoms in total. The molecule has 0 aromatic carbocycles. The molecule has 1 aliphatic rings. The Kier molecular flexibility index (Phi) is 5.71.